The third kappa shape index (κ3) is 3.62. The second-order valence-electron chi connectivity index (χ2n) is 8.10. The Hall–Kier alpha value is -2.79. The lowest BCUT2D eigenvalue weighted by Crippen LogP contribution is -2.28. The molecule has 3 aromatic rings. The number of pyridine rings is 1. The summed E-state index contributed by atoms with van der Waals surface area (Å²) in [6, 6.07) is 12.3. The number of piperidine rings is 1. The van der Waals surface area contributed by atoms with E-state index in [1.54, 1.807) is 0 Å². The first kappa shape index (κ1) is 18.3. The van der Waals surface area contributed by atoms with Crippen LogP contribution in [0.15, 0.2) is 58.4 Å². The molecule has 1 fully saturated rings. The van der Waals surface area contributed by atoms with Gasteiger partial charge in [-0.2, -0.15) is 4.91 Å². The van der Waals surface area contributed by atoms with Crippen LogP contribution in [0.4, 0.5) is 0 Å². The van der Waals surface area contributed by atoms with Gasteiger partial charge < -0.3 is 4.42 Å². The third-order valence-corrected chi connectivity index (χ3v) is 6.18. The van der Waals surface area contributed by atoms with Crippen LogP contribution in [0.25, 0.3) is 22.5 Å². The first-order valence-electron chi connectivity index (χ1n) is 10.5. The second-order valence-corrected chi connectivity index (χ2v) is 8.10. The van der Waals surface area contributed by atoms with Gasteiger partial charge in [0, 0.05) is 23.5 Å². The van der Waals surface area contributed by atoms with E-state index in [9.17, 15) is 4.91 Å². The Labute approximate surface area is 170 Å². The van der Waals surface area contributed by atoms with E-state index in [-0.39, 0.29) is 6.04 Å². The van der Waals surface area contributed by atoms with E-state index in [1.807, 2.05) is 30.6 Å². The maximum atomic E-state index is 11.1. The van der Waals surface area contributed by atoms with Crippen LogP contribution in [-0.2, 0) is 13.0 Å². The van der Waals surface area contributed by atoms with Crippen LogP contribution in [0.1, 0.15) is 48.6 Å². The Morgan fingerprint density at radius 1 is 1.03 bits per heavy atom. The number of furan rings is 1. The highest BCUT2D eigenvalue weighted by molar-refractivity contribution is 5.80. The summed E-state index contributed by atoms with van der Waals surface area (Å²) >= 11 is 0. The van der Waals surface area contributed by atoms with Gasteiger partial charge in [-0.25, -0.2) is 0 Å². The van der Waals surface area contributed by atoms with Gasteiger partial charge in [0.05, 0.1) is 6.54 Å². The van der Waals surface area contributed by atoms with Crippen molar-refractivity contribution in [2.24, 2.45) is 5.18 Å². The first-order chi connectivity index (χ1) is 14.3. The average molecular weight is 387 g/mol. The Balaban J connectivity index is 1.53. The van der Waals surface area contributed by atoms with E-state index in [0.29, 0.717) is 0 Å². The zero-order valence-electron chi connectivity index (χ0n) is 16.5. The standard InChI is InChI=1S/C24H25N3O2/c28-26-23-7-5-18-14-19(4-6-21(18)23)24-22(17-8-10-25-11-9-17)15-20(29-24)16-27-12-2-1-3-13-27/h4,6,8-11,14-15,23H,1-3,5,7,12-13,16H2. The molecule has 29 heavy (non-hydrogen) atoms. The van der Waals surface area contributed by atoms with Crippen LogP contribution in [-0.4, -0.2) is 23.0 Å². The molecular weight excluding hydrogens is 362 g/mol. The number of nitrogens with zero attached hydrogens (tertiary/aromatic N) is 3. The van der Waals surface area contributed by atoms with Gasteiger partial charge in [0.1, 0.15) is 17.6 Å². The lowest BCUT2D eigenvalue weighted by molar-refractivity contribution is 0.206. The van der Waals surface area contributed by atoms with Gasteiger partial charge in [-0.15, -0.1) is 0 Å². The van der Waals surface area contributed by atoms with Gasteiger partial charge in [-0.3, -0.25) is 9.88 Å². The molecule has 1 atom stereocenters. The molecule has 0 radical (unpaired) electrons. The molecule has 5 heteroatoms. The Kier molecular flexibility index (Phi) is 4.98. The summed E-state index contributed by atoms with van der Waals surface area (Å²) in [6.07, 6.45) is 9.19. The summed E-state index contributed by atoms with van der Waals surface area (Å²) in [6.45, 7) is 3.12. The van der Waals surface area contributed by atoms with E-state index in [2.05, 4.69) is 33.3 Å². The number of benzene rings is 1. The number of aryl methyl sites for hydroxylation is 1. The van der Waals surface area contributed by atoms with Gasteiger partial charge in [-0.1, -0.05) is 23.7 Å². The number of aromatic nitrogens is 1. The van der Waals surface area contributed by atoms with Crippen LogP contribution >= 0.6 is 0 Å². The Bertz CT molecular complexity index is 1010. The molecule has 1 aliphatic heterocycles. The number of hydrogen-bond donors (Lipinski definition) is 0. The minimum absolute atomic E-state index is 0.204. The fourth-order valence-electron chi connectivity index (χ4n) is 4.66. The fraction of sp³-hybridized carbons (Fsp3) is 0.375. The molecule has 1 aliphatic carbocycles. The quantitative estimate of drug-likeness (QED) is 0.523. The SMILES string of the molecule is O=NC1CCc2cc(-c3oc(CN4CCCCC4)cc3-c3ccncc3)ccc21. The molecule has 0 bridgehead atoms. The van der Waals surface area contributed by atoms with Gasteiger partial charge in [-0.05, 0) is 79.7 Å². The van der Waals surface area contributed by atoms with Gasteiger partial charge in [0.2, 0.25) is 0 Å². The van der Waals surface area contributed by atoms with Crippen molar-refractivity contribution in [3.05, 3.63) is 70.6 Å². The largest absolute Gasteiger partial charge is 0.459 e. The van der Waals surface area contributed by atoms with Crippen molar-refractivity contribution >= 4 is 0 Å². The molecule has 2 aliphatic rings. The van der Waals surface area contributed by atoms with E-state index in [0.717, 1.165) is 66.3 Å². The topological polar surface area (TPSA) is 58.7 Å². The Morgan fingerprint density at radius 2 is 1.86 bits per heavy atom. The zero-order chi connectivity index (χ0) is 19.6. The first-order valence-corrected chi connectivity index (χ1v) is 10.5. The molecule has 0 amide bonds. The van der Waals surface area contributed by atoms with Crippen LogP contribution in [0, 0.1) is 4.91 Å². The van der Waals surface area contributed by atoms with Crippen LogP contribution in [0.5, 0.6) is 0 Å². The van der Waals surface area contributed by atoms with Crippen molar-refractivity contribution < 1.29 is 4.42 Å². The maximum absolute atomic E-state index is 11.1. The fourth-order valence-corrected chi connectivity index (χ4v) is 4.66. The summed E-state index contributed by atoms with van der Waals surface area (Å²) in [4.78, 5) is 17.7. The zero-order valence-corrected chi connectivity index (χ0v) is 16.5. The molecule has 3 heterocycles. The predicted octanol–water partition coefficient (Wildman–Crippen LogP) is 5.75. The average Bonchev–Trinajstić information content (AvgIpc) is 3.38. The summed E-state index contributed by atoms with van der Waals surface area (Å²) in [5.74, 6) is 1.90. The lowest BCUT2D eigenvalue weighted by Gasteiger charge is -2.25. The number of rotatable bonds is 5. The van der Waals surface area contributed by atoms with E-state index < -0.39 is 0 Å². The molecule has 1 aromatic carbocycles. The molecule has 1 unspecified atom stereocenters. The van der Waals surface area contributed by atoms with Crippen LogP contribution in [0.3, 0.4) is 0 Å². The number of hydrogen-bond acceptors (Lipinski definition) is 5. The molecule has 0 spiro atoms. The normalized spacial score (nSPS) is 19.2. The highest BCUT2D eigenvalue weighted by Crippen LogP contribution is 2.40. The highest BCUT2D eigenvalue weighted by Gasteiger charge is 2.25. The third-order valence-electron chi connectivity index (χ3n) is 6.18. The Morgan fingerprint density at radius 3 is 2.66 bits per heavy atom. The summed E-state index contributed by atoms with van der Waals surface area (Å²) in [7, 11) is 0. The van der Waals surface area contributed by atoms with Crippen LogP contribution in [0.2, 0.25) is 0 Å². The molecule has 0 saturated carbocycles. The highest BCUT2D eigenvalue weighted by atomic mass is 16.3. The van der Waals surface area contributed by atoms with Crippen molar-refractivity contribution in [2.75, 3.05) is 13.1 Å². The van der Waals surface area contributed by atoms with Crippen LogP contribution < -0.4 is 0 Å². The van der Waals surface area contributed by atoms with E-state index >= 15 is 0 Å². The number of likely N-dealkylation sites (tertiary alicyclic amines) is 1. The molecular formula is C24H25N3O2. The van der Waals surface area contributed by atoms with E-state index in [4.69, 9.17) is 4.42 Å². The van der Waals surface area contributed by atoms with E-state index in [1.165, 1.54) is 24.8 Å². The van der Waals surface area contributed by atoms with Gasteiger partial charge in [0.15, 0.2) is 0 Å². The molecule has 1 saturated heterocycles. The molecule has 148 valence electrons. The summed E-state index contributed by atoms with van der Waals surface area (Å²) < 4.78 is 6.42. The molecule has 0 N–H and O–H groups in total. The molecule has 5 rings (SSSR count). The molecule has 2 aromatic heterocycles. The minimum Gasteiger partial charge on any atom is -0.459 e. The maximum Gasteiger partial charge on any atom is 0.142 e. The van der Waals surface area contributed by atoms with Crippen molar-refractivity contribution in [1.29, 1.82) is 0 Å². The second kappa shape index (κ2) is 7.91. The van der Waals surface area contributed by atoms with Crippen molar-refractivity contribution in [3.63, 3.8) is 0 Å². The minimum atomic E-state index is -0.204. The number of nitroso groups, excluding NO2 is 1. The van der Waals surface area contributed by atoms with Crippen molar-refractivity contribution in [1.82, 2.24) is 9.88 Å². The smallest absolute Gasteiger partial charge is 0.142 e. The summed E-state index contributed by atoms with van der Waals surface area (Å²) in [5.41, 5.74) is 5.54. The monoisotopic (exact) mass is 387 g/mol. The van der Waals surface area contributed by atoms with Crippen molar-refractivity contribution in [2.45, 2.75) is 44.7 Å². The lowest BCUT2D eigenvalue weighted by atomic mass is 9.99. The van der Waals surface area contributed by atoms with Gasteiger partial charge >= 0.3 is 0 Å². The van der Waals surface area contributed by atoms with Crippen molar-refractivity contribution in [3.8, 4) is 22.5 Å². The molecule has 5 nitrogen and oxygen atoms in total. The predicted molar refractivity (Wildman–Crippen MR) is 113 cm³/mol. The van der Waals surface area contributed by atoms with Gasteiger partial charge in [0.25, 0.3) is 0 Å². The summed E-state index contributed by atoms with van der Waals surface area (Å²) in [5, 5.41) is 3.28. The number of fused-ring (bicyclic) bond motifs is 1.